The Morgan fingerprint density at radius 2 is 1.91 bits per heavy atom. The Kier molecular flexibility index (Phi) is 3.60. The number of imidazole rings is 1. The molecule has 0 amide bonds. The van der Waals surface area contributed by atoms with E-state index in [2.05, 4.69) is 11.1 Å². The highest BCUT2D eigenvalue weighted by atomic mass is 19.2. The van der Waals surface area contributed by atoms with E-state index in [1.807, 2.05) is 23.6 Å². The fourth-order valence-electron chi connectivity index (χ4n) is 2.55. The first kappa shape index (κ1) is 14.2. The van der Waals surface area contributed by atoms with Gasteiger partial charge in [-0.05, 0) is 11.6 Å². The first-order chi connectivity index (χ1) is 10.6. The van der Waals surface area contributed by atoms with Gasteiger partial charge in [-0.25, -0.2) is 13.8 Å². The van der Waals surface area contributed by atoms with Gasteiger partial charge >= 0.3 is 0 Å². The molecule has 0 fully saturated rings. The highest BCUT2D eigenvalue weighted by Crippen LogP contribution is 2.22. The van der Waals surface area contributed by atoms with E-state index in [-0.39, 0.29) is 0 Å². The number of benzene rings is 2. The maximum absolute atomic E-state index is 13.6. The Morgan fingerprint density at radius 3 is 2.64 bits per heavy atom. The standard InChI is InChI=1S/C17H13F2N3/c1-2-17-21-15-7-13(18)14(19)8-16(15)22(17)10-12-6-4-3-5-11(12)9-20/h3-8H,2,10H2,1H3. The van der Waals surface area contributed by atoms with Crippen molar-refractivity contribution in [3.8, 4) is 6.07 Å². The summed E-state index contributed by atoms with van der Waals surface area (Å²) in [7, 11) is 0. The first-order valence-electron chi connectivity index (χ1n) is 6.96. The van der Waals surface area contributed by atoms with Crippen LogP contribution >= 0.6 is 0 Å². The Morgan fingerprint density at radius 1 is 1.18 bits per heavy atom. The third-order valence-electron chi connectivity index (χ3n) is 3.65. The Hall–Kier alpha value is -2.74. The maximum Gasteiger partial charge on any atom is 0.161 e. The lowest BCUT2D eigenvalue weighted by Crippen LogP contribution is -2.06. The molecule has 0 aliphatic rings. The molecule has 0 unspecified atom stereocenters. The van der Waals surface area contributed by atoms with Gasteiger partial charge in [0.1, 0.15) is 5.82 Å². The van der Waals surface area contributed by atoms with Crippen molar-refractivity contribution in [2.75, 3.05) is 0 Å². The second-order valence-electron chi connectivity index (χ2n) is 4.99. The van der Waals surface area contributed by atoms with E-state index in [1.54, 1.807) is 12.1 Å². The summed E-state index contributed by atoms with van der Waals surface area (Å²) in [5, 5.41) is 9.18. The van der Waals surface area contributed by atoms with Crippen molar-refractivity contribution in [3.05, 3.63) is 65.0 Å². The molecule has 1 heterocycles. The molecule has 1 aromatic heterocycles. The summed E-state index contributed by atoms with van der Waals surface area (Å²) in [5.41, 5.74) is 2.34. The third kappa shape index (κ3) is 2.33. The van der Waals surface area contributed by atoms with Gasteiger partial charge in [0.2, 0.25) is 0 Å². The molecule has 0 aliphatic carbocycles. The first-order valence-corrected chi connectivity index (χ1v) is 6.96. The summed E-state index contributed by atoms with van der Waals surface area (Å²) in [4.78, 5) is 4.36. The predicted molar refractivity (Wildman–Crippen MR) is 79.3 cm³/mol. The number of hydrogen-bond acceptors (Lipinski definition) is 2. The second kappa shape index (κ2) is 5.57. The van der Waals surface area contributed by atoms with Crippen LogP contribution in [0.2, 0.25) is 0 Å². The van der Waals surface area contributed by atoms with Gasteiger partial charge in [0.15, 0.2) is 11.6 Å². The van der Waals surface area contributed by atoms with Crippen LogP contribution in [0.4, 0.5) is 8.78 Å². The van der Waals surface area contributed by atoms with Crippen molar-refractivity contribution >= 4 is 11.0 Å². The normalized spacial score (nSPS) is 10.8. The van der Waals surface area contributed by atoms with Crippen molar-refractivity contribution in [3.63, 3.8) is 0 Å². The summed E-state index contributed by atoms with van der Waals surface area (Å²) in [6.45, 7) is 2.33. The minimum atomic E-state index is -0.905. The minimum absolute atomic E-state index is 0.397. The zero-order valence-electron chi connectivity index (χ0n) is 12.0. The summed E-state index contributed by atoms with van der Waals surface area (Å²) in [6.07, 6.45) is 0.632. The van der Waals surface area contributed by atoms with Gasteiger partial charge in [-0.1, -0.05) is 25.1 Å². The van der Waals surface area contributed by atoms with E-state index in [0.717, 1.165) is 23.5 Å². The molecular weight excluding hydrogens is 284 g/mol. The van der Waals surface area contributed by atoms with E-state index < -0.39 is 11.6 Å². The molecule has 5 heteroatoms. The summed E-state index contributed by atoms with van der Waals surface area (Å²) >= 11 is 0. The van der Waals surface area contributed by atoms with Crippen LogP contribution in [0, 0.1) is 23.0 Å². The summed E-state index contributed by atoms with van der Waals surface area (Å²) in [5.74, 6) is -1.07. The molecule has 0 N–H and O–H groups in total. The number of nitrogens with zero attached hydrogens (tertiary/aromatic N) is 3. The van der Waals surface area contributed by atoms with Crippen molar-refractivity contribution in [2.24, 2.45) is 0 Å². The molecule has 0 atom stereocenters. The van der Waals surface area contributed by atoms with Crippen LogP contribution in [-0.4, -0.2) is 9.55 Å². The SMILES string of the molecule is CCc1nc2cc(F)c(F)cc2n1Cc1ccccc1C#N. The topological polar surface area (TPSA) is 41.6 Å². The highest BCUT2D eigenvalue weighted by Gasteiger charge is 2.14. The number of fused-ring (bicyclic) bond motifs is 1. The maximum atomic E-state index is 13.6. The molecule has 22 heavy (non-hydrogen) atoms. The smallest absolute Gasteiger partial charge is 0.161 e. The zero-order valence-corrected chi connectivity index (χ0v) is 12.0. The fourth-order valence-corrected chi connectivity index (χ4v) is 2.55. The highest BCUT2D eigenvalue weighted by molar-refractivity contribution is 5.76. The van der Waals surface area contributed by atoms with Gasteiger partial charge in [0.25, 0.3) is 0 Å². The summed E-state index contributed by atoms with van der Waals surface area (Å²) < 4.78 is 28.8. The fraction of sp³-hybridized carbons (Fsp3) is 0.176. The number of halogens is 2. The average molecular weight is 297 g/mol. The minimum Gasteiger partial charge on any atom is -0.323 e. The molecule has 0 radical (unpaired) electrons. The number of aryl methyl sites for hydroxylation is 1. The van der Waals surface area contributed by atoms with Gasteiger partial charge in [0.05, 0.1) is 29.2 Å². The number of nitriles is 1. The van der Waals surface area contributed by atoms with Crippen LogP contribution in [0.3, 0.4) is 0 Å². The zero-order chi connectivity index (χ0) is 15.7. The molecular formula is C17H13F2N3. The van der Waals surface area contributed by atoms with Crippen LogP contribution < -0.4 is 0 Å². The van der Waals surface area contributed by atoms with E-state index in [9.17, 15) is 14.0 Å². The van der Waals surface area contributed by atoms with Crippen molar-refractivity contribution in [2.45, 2.75) is 19.9 Å². The molecule has 0 saturated carbocycles. The number of aromatic nitrogens is 2. The van der Waals surface area contributed by atoms with Gasteiger partial charge in [-0.15, -0.1) is 0 Å². The lowest BCUT2D eigenvalue weighted by Gasteiger charge is -2.09. The van der Waals surface area contributed by atoms with Crippen LogP contribution in [0.15, 0.2) is 36.4 Å². The average Bonchev–Trinajstić information content (AvgIpc) is 2.85. The molecule has 3 nitrogen and oxygen atoms in total. The third-order valence-corrected chi connectivity index (χ3v) is 3.65. The monoisotopic (exact) mass is 297 g/mol. The lowest BCUT2D eigenvalue weighted by molar-refractivity contribution is 0.510. The molecule has 0 spiro atoms. The van der Waals surface area contributed by atoms with E-state index >= 15 is 0 Å². The van der Waals surface area contributed by atoms with Crippen molar-refractivity contribution in [1.82, 2.24) is 9.55 Å². The summed E-state index contributed by atoms with van der Waals surface area (Å²) in [6, 6.07) is 11.6. The molecule has 0 aliphatic heterocycles. The largest absolute Gasteiger partial charge is 0.323 e. The van der Waals surface area contributed by atoms with Crippen LogP contribution in [-0.2, 0) is 13.0 Å². The van der Waals surface area contributed by atoms with Crippen LogP contribution in [0.1, 0.15) is 23.9 Å². The predicted octanol–water partition coefficient (Wildman–Crippen LogP) is 3.80. The number of hydrogen-bond donors (Lipinski definition) is 0. The van der Waals surface area contributed by atoms with Crippen LogP contribution in [0.25, 0.3) is 11.0 Å². The van der Waals surface area contributed by atoms with E-state index in [4.69, 9.17) is 0 Å². The van der Waals surface area contributed by atoms with Crippen molar-refractivity contribution < 1.29 is 8.78 Å². The number of rotatable bonds is 3. The van der Waals surface area contributed by atoms with Gasteiger partial charge < -0.3 is 4.57 Å². The lowest BCUT2D eigenvalue weighted by atomic mass is 10.1. The van der Waals surface area contributed by atoms with Crippen molar-refractivity contribution in [1.29, 1.82) is 5.26 Å². The quantitative estimate of drug-likeness (QED) is 0.738. The Balaban J connectivity index is 2.17. The molecule has 110 valence electrons. The van der Waals surface area contributed by atoms with E-state index in [1.165, 1.54) is 0 Å². The van der Waals surface area contributed by atoms with E-state index in [0.29, 0.717) is 29.6 Å². The molecule has 3 rings (SSSR count). The molecule has 0 saturated heterocycles. The molecule has 3 aromatic rings. The second-order valence-corrected chi connectivity index (χ2v) is 4.99. The van der Waals surface area contributed by atoms with Gasteiger partial charge in [-0.3, -0.25) is 0 Å². The Bertz CT molecular complexity index is 891. The van der Waals surface area contributed by atoms with Gasteiger partial charge in [-0.2, -0.15) is 5.26 Å². The molecule has 2 aromatic carbocycles. The Labute approximate surface area is 126 Å². The van der Waals surface area contributed by atoms with Crippen LogP contribution in [0.5, 0.6) is 0 Å². The van der Waals surface area contributed by atoms with Gasteiger partial charge in [0, 0.05) is 18.6 Å². The molecule has 0 bridgehead atoms.